The molecule has 2 aliphatic rings. The molecule has 0 amide bonds. The lowest BCUT2D eigenvalue weighted by Crippen LogP contribution is -2.48. The van der Waals surface area contributed by atoms with Crippen LogP contribution in [0, 0.1) is 5.92 Å². The van der Waals surface area contributed by atoms with Crippen LogP contribution < -0.4 is 0 Å². The van der Waals surface area contributed by atoms with Gasteiger partial charge < -0.3 is 4.74 Å². The zero-order chi connectivity index (χ0) is 12.3. The fourth-order valence-electron chi connectivity index (χ4n) is 3.68. The van der Waals surface area contributed by atoms with Crippen LogP contribution in [0.2, 0.25) is 0 Å². The Morgan fingerprint density at radius 3 is 2.71 bits per heavy atom. The van der Waals surface area contributed by atoms with Gasteiger partial charge in [-0.05, 0) is 38.1 Å². The molecule has 1 saturated heterocycles. The molecule has 0 radical (unpaired) electrons. The fraction of sp³-hybridized carbons (Fsp3) is 0.929. The Kier molecular flexibility index (Phi) is 4.43. The Hall–Kier alpha value is -0.570. The lowest BCUT2D eigenvalue weighted by atomic mass is 9.81. The minimum atomic E-state index is -0.0251. The molecule has 0 aromatic heterocycles. The van der Waals surface area contributed by atoms with Crippen molar-refractivity contribution in [2.45, 2.75) is 64.0 Å². The Morgan fingerprint density at radius 2 is 2.00 bits per heavy atom. The molecular weight excluding hydrogens is 214 g/mol. The van der Waals surface area contributed by atoms with Crippen molar-refractivity contribution < 1.29 is 9.53 Å². The molecule has 98 valence electrons. The number of ether oxygens (including phenoxy) is 1. The summed E-state index contributed by atoms with van der Waals surface area (Å²) in [6, 6.07) is 0.664. The van der Waals surface area contributed by atoms with Gasteiger partial charge in [0, 0.05) is 6.04 Å². The summed E-state index contributed by atoms with van der Waals surface area (Å²) in [7, 11) is 1.51. The average molecular weight is 239 g/mol. The summed E-state index contributed by atoms with van der Waals surface area (Å²) in [4.78, 5) is 14.2. The Labute approximate surface area is 105 Å². The Balaban J connectivity index is 2.05. The van der Waals surface area contributed by atoms with Crippen molar-refractivity contribution in [2.24, 2.45) is 5.92 Å². The predicted molar refractivity (Wildman–Crippen MR) is 67.8 cm³/mol. The zero-order valence-corrected chi connectivity index (χ0v) is 11.2. The maximum Gasteiger partial charge on any atom is 0.323 e. The van der Waals surface area contributed by atoms with E-state index in [0.717, 1.165) is 25.3 Å². The highest BCUT2D eigenvalue weighted by molar-refractivity contribution is 5.76. The molecule has 0 aromatic carbocycles. The van der Waals surface area contributed by atoms with Gasteiger partial charge in [0.15, 0.2) is 0 Å². The van der Waals surface area contributed by atoms with Crippen LogP contribution in [0.4, 0.5) is 0 Å². The van der Waals surface area contributed by atoms with Gasteiger partial charge in [-0.1, -0.05) is 26.2 Å². The second-order valence-corrected chi connectivity index (χ2v) is 5.44. The fourth-order valence-corrected chi connectivity index (χ4v) is 3.68. The number of carbonyl (C=O) groups is 1. The smallest absolute Gasteiger partial charge is 0.323 e. The van der Waals surface area contributed by atoms with E-state index in [-0.39, 0.29) is 12.0 Å². The van der Waals surface area contributed by atoms with Crippen LogP contribution >= 0.6 is 0 Å². The van der Waals surface area contributed by atoms with Gasteiger partial charge in [0.05, 0.1) is 7.11 Å². The van der Waals surface area contributed by atoms with E-state index in [4.69, 9.17) is 4.74 Å². The predicted octanol–water partition coefficient (Wildman–Crippen LogP) is 2.59. The second-order valence-electron chi connectivity index (χ2n) is 5.44. The average Bonchev–Trinajstić information content (AvgIpc) is 2.86. The largest absolute Gasteiger partial charge is 0.468 e. The molecule has 0 N–H and O–H groups in total. The molecule has 2 rings (SSSR count). The molecule has 1 aliphatic carbocycles. The summed E-state index contributed by atoms with van der Waals surface area (Å²) in [6.07, 6.45) is 8.68. The summed E-state index contributed by atoms with van der Waals surface area (Å²) in [5.41, 5.74) is 0. The van der Waals surface area contributed by atoms with Crippen LogP contribution in [0.3, 0.4) is 0 Å². The van der Waals surface area contributed by atoms with Gasteiger partial charge in [-0.25, -0.2) is 0 Å². The van der Waals surface area contributed by atoms with Crippen molar-refractivity contribution in [1.29, 1.82) is 0 Å². The Morgan fingerprint density at radius 1 is 1.24 bits per heavy atom. The van der Waals surface area contributed by atoms with Crippen molar-refractivity contribution in [1.82, 2.24) is 4.90 Å². The van der Waals surface area contributed by atoms with Gasteiger partial charge in [-0.15, -0.1) is 0 Å². The van der Waals surface area contributed by atoms with Crippen LogP contribution in [0.5, 0.6) is 0 Å². The van der Waals surface area contributed by atoms with E-state index < -0.39 is 0 Å². The topological polar surface area (TPSA) is 29.5 Å². The van der Waals surface area contributed by atoms with Crippen molar-refractivity contribution >= 4 is 5.97 Å². The summed E-state index contributed by atoms with van der Waals surface area (Å²) in [5, 5.41) is 0. The third-order valence-corrected chi connectivity index (χ3v) is 4.59. The zero-order valence-electron chi connectivity index (χ0n) is 11.2. The van der Waals surface area contributed by atoms with Crippen LogP contribution in [0.25, 0.3) is 0 Å². The van der Waals surface area contributed by atoms with E-state index in [0.29, 0.717) is 6.04 Å². The van der Waals surface area contributed by atoms with Gasteiger partial charge in [-0.2, -0.15) is 0 Å². The summed E-state index contributed by atoms with van der Waals surface area (Å²) >= 11 is 0. The monoisotopic (exact) mass is 239 g/mol. The first-order valence-corrected chi connectivity index (χ1v) is 7.11. The van der Waals surface area contributed by atoms with Crippen molar-refractivity contribution in [2.75, 3.05) is 13.7 Å². The highest BCUT2D eigenvalue weighted by Gasteiger charge is 2.39. The van der Waals surface area contributed by atoms with E-state index in [1.807, 2.05) is 0 Å². The summed E-state index contributed by atoms with van der Waals surface area (Å²) in [6.45, 7) is 3.37. The van der Waals surface area contributed by atoms with E-state index in [1.165, 1.54) is 39.2 Å². The highest BCUT2D eigenvalue weighted by Crippen LogP contribution is 2.34. The first-order chi connectivity index (χ1) is 8.27. The van der Waals surface area contributed by atoms with Crippen LogP contribution in [-0.4, -0.2) is 36.6 Å². The molecule has 1 aliphatic heterocycles. The standard InChI is InChI=1S/C14H25NO2/c1-3-11-7-4-5-8-12(11)15-10-6-9-13(15)14(16)17-2/h11-13H,3-10H2,1-2H3. The molecule has 1 heterocycles. The van der Waals surface area contributed by atoms with Crippen molar-refractivity contribution in [3.8, 4) is 0 Å². The molecule has 17 heavy (non-hydrogen) atoms. The highest BCUT2D eigenvalue weighted by atomic mass is 16.5. The normalized spacial score (nSPS) is 34.8. The first-order valence-electron chi connectivity index (χ1n) is 7.11. The number of nitrogens with zero attached hydrogens (tertiary/aromatic N) is 1. The number of rotatable bonds is 3. The number of hydrogen-bond donors (Lipinski definition) is 0. The maximum atomic E-state index is 11.8. The molecule has 0 spiro atoms. The van der Waals surface area contributed by atoms with Gasteiger partial charge in [0.25, 0.3) is 0 Å². The van der Waals surface area contributed by atoms with Crippen LogP contribution in [0.15, 0.2) is 0 Å². The number of methoxy groups -OCH3 is 1. The quantitative estimate of drug-likeness (QED) is 0.709. The first kappa shape index (κ1) is 12.9. The SMILES string of the molecule is CCC1CCCCC1N1CCCC1C(=O)OC. The molecule has 0 aromatic rings. The molecule has 1 saturated carbocycles. The molecule has 3 unspecified atom stereocenters. The van der Waals surface area contributed by atoms with Crippen molar-refractivity contribution in [3.63, 3.8) is 0 Å². The van der Waals surface area contributed by atoms with Crippen LogP contribution in [0.1, 0.15) is 51.9 Å². The van der Waals surface area contributed by atoms with Gasteiger partial charge >= 0.3 is 5.97 Å². The lowest BCUT2D eigenvalue weighted by Gasteiger charge is -2.39. The minimum absolute atomic E-state index is 0.0251. The van der Waals surface area contributed by atoms with Gasteiger partial charge in [0.1, 0.15) is 6.04 Å². The molecular formula is C14H25NO2. The lowest BCUT2D eigenvalue weighted by molar-refractivity contribution is -0.147. The summed E-state index contributed by atoms with van der Waals surface area (Å²) < 4.78 is 4.94. The third kappa shape index (κ3) is 2.65. The molecule has 3 nitrogen and oxygen atoms in total. The molecule has 0 bridgehead atoms. The van der Waals surface area contributed by atoms with E-state index >= 15 is 0 Å². The molecule has 3 heteroatoms. The third-order valence-electron chi connectivity index (χ3n) is 4.59. The van der Waals surface area contributed by atoms with Gasteiger partial charge in [0.2, 0.25) is 0 Å². The van der Waals surface area contributed by atoms with E-state index in [1.54, 1.807) is 0 Å². The molecule has 2 fully saturated rings. The van der Waals surface area contributed by atoms with Gasteiger partial charge in [-0.3, -0.25) is 9.69 Å². The number of esters is 1. The Bertz CT molecular complexity index is 267. The number of hydrogen-bond acceptors (Lipinski definition) is 3. The molecule has 3 atom stereocenters. The van der Waals surface area contributed by atoms with Crippen molar-refractivity contribution in [3.05, 3.63) is 0 Å². The summed E-state index contributed by atoms with van der Waals surface area (Å²) in [5.74, 6) is 0.761. The van der Waals surface area contributed by atoms with E-state index in [2.05, 4.69) is 11.8 Å². The maximum absolute atomic E-state index is 11.8. The number of carbonyl (C=O) groups excluding carboxylic acids is 1. The second kappa shape index (κ2) is 5.85. The van der Waals surface area contributed by atoms with E-state index in [9.17, 15) is 4.79 Å². The van der Waals surface area contributed by atoms with Crippen LogP contribution in [-0.2, 0) is 9.53 Å². The minimum Gasteiger partial charge on any atom is -0.468 e. The number of likely N-dealkylation sites (tertiary alicyclic amines) is 1.